The van der Waals surface area contributed by atoms with Gasteiger partial charge in [0.05, 0.1) is 12.6 Å². The zero-order valence-corrected chi connectivity index (χ0v) is 12.5. The molecule has 0 aliphatic carbocycles. The third kappa shape index (κ3) is 4.54. The van der Waals surface area contributed by atoms with Gasteiger partial charge in [0.15, 0.2) is 0 Å². The molecule has 17 heavy (non-hydrogen) atoms. The number of carbonyl (C=O) groups excluding carboxylic acids is 1. The summed E-state index contributed by atoms with van der Waals surface area (Å²) in [6.45, 7) is 15.9. The maximum atomic E-state index is 11.9. The van der Waals surface area contributed by atoms with Gasteiger partial charge in [0.2, 0.25) is 0 Å². The van der Waals surface area contributed by atoms with Gasteiger partial charge in [0, 0.05) is 0 Å². The molecule has 1 atom stereocenters. The summed E-state index contributed by atoms with van der Waals surface area (Å²) in [7, 11) is 0. The van der Waals surface area contributed by atoms with Crippen LogP contribution in [0.5, 0.6) is 0 Å². The van der Waals surface area contributed by atoms with E-state index in [1.54, 1.807) is 4.90 Å². The fourth-order valence-corrected chi connectivity index (χ4v) is 1.71. The van der Waals surface area contributed by atoms with Crippen LogP contribution in [0.25, 0.3) is 0 Å². The highest BCUT2D eigenvalue weighted by atomic mass is 16.6. The van der Waals surface area contributed by atoms with Gasteiger partial charge in [-0.05, 0) is 41.5 Å². The highest BCUT2D eigenvalue weighted by Crippen LogP contribution is 2.28. The number of hydrogen-bond acceptors (Lipinski definition) is 3. The molecule has 1 saturated heterocycles. The molecule has 4 nitrogen and oxygen atoms in total. The van der Waals surface area contributed by atoms with Crippen LogP contribution in [0.1, 0.15) is 55.4 Å². The van der Waals surface area contributed by atoms with Crippen LogP contribution in [0.15, 0.2) is 0 Å². The Morgan fingerprint density at radius 2 is 1.82 bits per heavy atom. The normalized spacial score (nSPS) is 22.8. The monoisotopic (exact) mass is 245 g/mol. The van der Waals surface area contributed by atoms with Crippen molar-refractivity contribution >= 4 is 6.09 Å². The topological polar surface area (TPSA) is 38.8 Å². The molecule has 1 heterocycles. The van der Waals surface area contributed by atoms with Gasteiger partial charge < -0.3 is 9.47 Å². The molecule has 1 rings (SSSR count). The minimum atomic E-state index is -0.568. The number of amides is 1. The molecule has 0 aromatic heterocycles. The highest BCUT2D eigenvalue weighted by molar-refractivity contribution is 5.69. The van der Waals surface area contributed by atoms with Crippen molar-refractivity contribution in [2.75, 3.05) is 6.61 Å². The molecule has 4 heteroatoms. The van der Waals surface area contributed by atoms with Gasteiger partial charge in [-0.25, -0.2) is 4.79 Å². The first kappa shape index (κ1) is 16.2. The Hall–Kier alpha value is -0.770. The Morgan fingerprint density at radius 3 is 2.12 bits per heavy atom. The molecule has 1 amide bonds. The summed E-state index contributed by atoms with van der Waals surface area (Å²) in [5.41, 5.74) is -1.03. The smallest absolute Gasteiger partial charge is 0.412 e. The summed E-state index contributed by atoms with van der Waals surface area (Å²) in [5, 5.41) is 0. The van der Waals surface area contributed by atoms with Crippen molar-refractivity contribution < 1.29 is 14.3 Å². The van der Waals surface area contributed by atoms with Crippen molar-refractivity contribution in [3.8, 4) is 0 Å². The Balaban J connectivity index is 0.00000121. The lowest BCUT2D eigenvalue weighted by Gasteiger charge is -2.34. The summed E-state index contributed by atoms with van der Waals surface area (Å²) >= 11 is 0. The van der Waals surface area contributed by atoms with E-state index in [1.165, 1.54) is 0 Å². The zero-order chi connectivity index (χ0) is 13.9. The van der Waals surface area contributed by atoms with Gasteiger partial charge in [-0.15, -0.1) is 0 Å². The van der Waals surface area contributed by atoms with Crippen LogP contribution in [0, 0.1) is 0 Å². The first-order chi connectivity index (χ1) is 7.63. The molecule has 0 aromatic rings. The van der Waals surface area contributed by atoms with Gasteiger partial charge in [-0.2, -0.15) is 0 Å². The minimum Gasteiger partial charge on any atom is -0.444 e. The lowest BCUT2D eigenvalue weighted by molar-refractivity contribution is -0.0618. The van der Waals surface area contributed by atoms with E-state index in [9.17, 15) is 4.79 Å². The van der Waals surface area contributed by atoms with E-state index in [1.807, 2.05) is 55.4 Å². The molecule has 0 aromatic carbocycles. The van der Waals surface area contributed by atoms with Crippen molar-refractivity contribution in [1.82, 2.24) is 4.90 Å². The highest BCUT2D eigenvalue weighted by Gasteiger charge is 2.43. The second kappa shape index (κ2) is 5.71. The predicted molar refractivity (Wildman–Crippen MR) is 68.9 cm³/mol. The van der Waals surface area contributed by atoms with Crippen molar-refractivity contribution in [2.45, 2.75) is 72.8 Å². The SMILES string of the molecule is CC.CC1COC(C)(C)N1C(=O)OC(C)(C)C. The largest absolute Gasteiger partial charge is 0.444 e. The Morgan fingerprint density at radius 1 is 1.35 bits per heavy atom. The fourth-order valence-electron chi connectivity index (χ4n) is 1.71. The third-order valence-electron chi connectivity index (χ3n) is 2.29. The molecule has 0 radical (unpaired) electrons. The molecular formula is C13H27NO3. The van der Waals surface area contributed by atoms with E-state index in [2.05, 4.69) is 0 Å². The van der Waals surface area contributed by atoms with Gasteiger partial charge in [0.1, 0.15) is 11.3 Å². The summed E-state index contributed by atoms with van der Waals surface area (Å²) in [5.74, 6) is 0. The standard InChI is InChI=1S/C11H21NO3.C2H6/c1-8-7-14-11(5,6)12(8)9(13)15-10(2,3)4;1-2/h8H,7H2,1-6H3;1-2H3. The third-order valence-corrected chi connectivity index (χ3v) is 2.29. The van der Waals surface area contributed by atoms with Crippen LogP contribution in [-0.2, 0) is 9.47 Å². The molecule has 1 aliphatic heterocycles. The van der Waals surface area contributed by atoms with Crippen molar-refractivity contribution in [2.24, 2.45) is 0 Å². The van der Waals surface area contributed by atoms with Gasteiger partial charge in [0.25, 0.3) is 0 Å². The van der Waals surface area contributed by atoms with Crippen LogP contribution >= 0.6 is 0 Å². The number of carbonyl (C=O) groups is 1. The van der Waals surface area contributed by atoms with Gasteiger partial charge in [-0.3, -0.25) is 4.90 Å². The number of ether oxygens (including phenoxy) is 2. The number of hydrogen-bond donors (Lipinski definition) is 0. The molecular weight excluding hydrogens is 218 g/mol. The van der Waals surface area contributed by atoms with Gasteiger partial charge in [-0.1, -0.05) is 13.8 Å². The molecule has 0 bridgehead atoms. The average molecular weight is 245 g/mol. The minimum absolute atomic E-state index is 0.0647. The molecule has 1 aliphatic rings. The van der Waals surface area contributed by atoms with Gasteiger partial charge >= 0.3 is 6.09 Å². The van der Waals surface area contributed by atoms with E-state index in [0.29, 0.717) is 6.61 Å². The molecule has 0 N–H and O–H groups in total. The molecule has 0 spiro atoms. The van der Waals surface area contributed by atoms with Crippen molar-refractivity contribution in [3.05, 3.63) is 0 Å². The number of nitrogens with zero attached hydrogens (tertiary/aromatic N) is 1. The average Bonchev–Trinajstić information content (AvgIpc) is 2.41. The van der Waals surface area contributed by atoms with Crippen molar-refractivity contribution in [3.63, 3.8) is 0 Å². The van der Waals surface area contributed by atoms with E-state index in [0.717, 1.165) is 0 Å². The second-order valence-electron chi connectivity index (χ2n) is 5.46. The lowest BCUT2D eigenvalue weighted by atomic mass is 10.2. The lowest BCUT2D eigenvalue weighted by Crippen LogP contribution is -2.48. The van der Waals surface area contributed by atoms with Crippen LogP contribution in [0.2, 0.25) is 0 Å². The quantitative estimate of drug-likeness (QED) is 0.656. The first-order valence-corrected chi connectivity index (χ1v) is 6.30. The zero-order valence-electron chi connectivity index (χ0n) is 12.5. The maximum Gasteiger partial charge on any atom is 0.412 e. The van der Waals surface area contributed by atoms with Crippen molar-refractivity contribution in [1.29, 1.82) is 0 Å². The molecule has 1 unspecified atom stereocenters. The molecule has 0 saturated carbocycles. The molecule has 102 valence electrons. The molecule has 1 fully saturated rings. The van der Waals surface area contributed by atoms with E-state index in [4.69, 9.17) is 9.47 Å². The van der Waals surface area contributed by atoms with E-state index in [-0.39, 0.29) is 12.1 Å². The summed E-state index contributed by atoms with van der Waals surface area (Å²) in [6, 6.07) is 0.0647. The Labute approximate surface area is 105 Å². The van der Waals surface area contributed by atoms with E-state index >= 15 is 0 Å². The predicted octanol–water partition coefficient (Wildman–Crippen LogP) is 3.40. The van der Waals surface area contributed by atoms with Crippen LogP contribution in [-0.4, -0.2) is 35.0 Å². The Bertz CT molecular complexity index is 256. The number of rotatable bonds is 0. The van der Waals surface area contributed by atoms with Crippen LogP contribution in [0.3, 0.4) is 0 Å². The second-order valence-corrected chi connectivity index (χ2v) is 5.46. The van der Waals surface area contributed by atoms with E-state index < -0.39 is 11.3 Å². The first-order valence-electron chi connectivity index (χ1n) is 6.30. The summed E-state index contributed by atoms with van der Waals surface area (Å²) < 4.78 is 10.9. The summed E-state index contributed by atoms with van der Waals surface area (Å²) in [4.78, 5) is 13.6. The maximum absolute atomic E-state index is 11.9. The summed E-state index contributed by atoms with van der Waals surface area (Å²) in [6.07, 6.45) is -0.308. The van der Waals surface area contributed by atoms with Crippen LogP contribution < -0.4 is 0 Å². The Kier molecular flexibility index (Phi) is 5.46. The fraction of sp³-hybridized carbons (Fsp3) is 0.923. The van der Waals surface area contributed by atoms with Crippen LogP contribution in [0.4, 0.5) is 4.79 Å².